The molecule has 0 fully saturated rings. The van der Waals surface area contributed by atoms with Crippen LogP contribution in [0.1, 0.15) is 29.5 Å². The fourth-order valence-electron chi connectivity index (χ4n) is 2.90. The summed E-state index contributed by atoms with van der Waals surface area (Å²) in [6, 6.07) is 12.4. The molecule has 0 aliphatic heterocycles. The number of carboxylic acids is 3. The van der Waals surface area contributed by atoms with Crippen molar-refractivity contribution < 1.29 is 48.5 Å². The molecule has 10 heteroatoms. The third kappa shape index (κ3) is 16.2. The van der Waals surface area contributed by atoms with Crippen molar-refractivity contribution in [1.29, 1.82) is 0 Å². The number of carbonyl (C=O) groups excluding carboxylic acids is 3. The Balaban J connectivity index is 0.000000478. The van der Waals surface area contributed by atoms with E-state index in [4.69, 9.17) is 5.11 Å². The smallest absolute Gasteiger partial charge is 0.171 e. The van der Waals surface area contributed by atoms with E-state index < -0.39 is 36.4 Å². The minimum Gasteiger partial charge on any atom is -0.550 e. The molecule has 0 atom stereocenters. The van der Waals surface area contributed by atoms with Gasteiger partial charge in [-0.1, -0.05) is 0 Å². The first-order chi connectivity index (χ1) is 17.1. The van der Waals surface area contributed by atoms with E-state index in [-0.39, 0.29) is 0 Å². The van der Waals surface area contributed by atoms with Gasteiger partial charge >= 0.3 is 0 Å². The lowest BCUT2D eigenvalue weighted by Crippen LogP contribution is -2.54. The van der Waals surface area contributed by atoms with Crippen molar-refractivity contribution in [2.75, 3.05) is 0 Å². The summed E-state index contributed by atoms with van der Waals surface area (Å²) in [6.45, 7) is 6.25. The largest absolute Gasteiger partial charge is 0.550 e. The summed E-state index contributed by atoms with van der Waals surface area (Å²) in [7, 11) is 6.06. The van der Waals surface area contributed by atoms with Crippen molar-refractivity contribution in [3.8, 4) is 0 Å². The maximum atomic E-state index is 10.1. The van der Waals surface area contributed by atoms with Gasteiger partial charge in [-0.25, -0.2) is 13.7 Å². The Morgan fingerprint density at radius 3 is 1.08 bits per heavy atom. The van der Waals surface area contributed by atoms with Crippen molar-refractivity contribution in [2.24, 2.45) is 21.1 Å². The first-order valence-corrected chi connectivity index (χ1v) is 11.2. The predicted octanol–water partition coefficient (Wildman–Crippen LogP) is -2.79. The van der Waals surface area contributed by atoms with Gasteiger partial charge in [0, 0.05) is 59.7 Å². The van der Waals surface area contributed by atoms with Crippen LogP contribution in [-0.4, -0.2) is 28.6 Å². The summed E-state index contributed by atoms with van der Waals surface area (Å²) >= 11 is 0. The topological polar surface area (TPSA) is 152 Å². The van der Waals surface area contributed by atoms with E-state index in [2.05, 4.69) is 57.6 Å². The van der Waals surface area contributed by atoms with Crippen LogP contribution in [0.4, 0.5) is 0 Å². The molecule has 200 valence electrons. The van der Waals surface area contributed by atoms with Gasteiger partial charge in [0.05, 0.1) is 5.97 Å². The van der Waals surface area contributed by atoms with Crippen LogP contribution in [0.2, 0.25) is 0 Å². The van der Waals surface area contributed by atoms with Gasteiger partial charge in [0.15, 0.2) is 37.2 Å². The summed E-state index contributed by atoms with van der Waals surface area (Å²) in [4.78, 5) is 30.0. The second-order valence-corrected chi connectivity index (χ2v) is 8.56. The van der Waals surface area contributed by atoms with E-state index >= 15 is 0 Å². The quantitative estimate of drug-likeness (QED) is 0.362. The zero-order valence-electron chi connectivity index (χ0n) is 22.1. The fourth-order valence-corrected chi connectivity index (χ4v) is 2.90. The molecule has 0 unspecified atom stereocenters. The van der Waals surface area contributed by atoms with E-state index in [9.17, 15) is 29.7 Å². The van der Waals surface area contributed by atoms with Gasteiger partial charge < -0.3 is 34.8 Å². The van der Waals surface area contributed by atoms with Crippen molar-refractivity contribution in [3.05, 3.63) is 90.3 Å². The third-order valence-corrected chi connectivity index (χ3v) is 4.52. The maximum Gasteiger partial charge on any atom is 0.171 e. The highest BCUT2D eigenvalue weighted by atomic mass is 16.4. The number of aliphatic carboxylic acids is 3. The number of nitrogens with zero attached hydrogens (tertiary/aromatic N) is 3. The van der Waals surface area contributed by atoms with E-state index in [1.165, 1.54) is 16.7 Å². The molecule has 3 heterocycles. The molecule has 0 spiro atoms. The van der Waals surface area contributed by atoms with Crippen molar-refractivity contribution in [3.63, 3.8) is 0 Å². The molecular weight excluding hydrogens is 478 g/mol. The third-order valence-electron chi connectivity index (χ3n) is 4.52. The Morgan fingerprint density at radius 1 is 0.676 bits per heavy atom. The molecule has 0 saturated heterocycles. The van der Waals surface area contributed by atoms with Crippen LogP contribution in [0.5, 0.6) is 0 Å². The Morgan fingerprint density at radius 2 is 0.946 bits per heavy atom. The van der Waals surface area contributed by atoms with Crippen molar-refractivity contribution in [2.45, 2.75) is 39.2 Å². The molecule has 1 N–H and O–H groups in total. The highest BCUT2D eigenvalue weighted by molar-refractivity contribution is 5.86. The standard InChI is InChI=1S/3C7H10N.C6H8O7/c3*1-7-4-3-5-8(2)6-7;7-3(8)1-6(13,5(11)12)2-4(9)10/h3*3-6H,1-2H3;13H,1-2H2,(H,7,8)(H,9,10)(H,11,12)/q3*+1;/p-3. The summed E-state index contributed by atoms with van der Waals surface area (Å²) in [5.74, 6) is -5.98. The number of pyridine rings is 3. The predicted molar refractivity (Wildman–Crippen MR) is 126 cm³/mol. The first-order valence-electron chi connectivity index (χ1n) is 11.2. The molecule has 0 saturated carbocycles. The van der Waals surface area contributed by atoms with Gasteiger partial charge in [-0.15, -0.1) is 0 Å². The second kappa shape index (κ2) is 16.5. The normalized spacial score (nSPS) is 9.81. The molecule has 0 aromatic carbocycles. The lowest BCUT2D eigenvalue weighted by Gasteiger charge is -2.29. The van der Waals surface area contributed by atoms with Crippen LogP contribution < -0.4 is 29.0 Å². The lowest BCUT2D eigenvalue weighted by atomic mass is 9.96. The Bertz CT molecular complexity index is 995. The summed E-state index contributed by atoms with van der Waals surface area (Å²) in [5.41, 5.74) is 0.928. The van der Waals surface area contributed by atoms with Gasteiger partial charge in [-0.2, -0.15) is 0 Å². The number of rotatable bonds is 5. The van der Waals surface area contributed by atoms with Gasteiger partial charge in [-0.3, -0.25) is 0 Å². The molecule has 0 bridgehead atoms. The number of hydrogen-bond acceptors (Lipinski definition) is 7. The highest BCUT2D eigenvalue weighted by Gasteiger charge is 2.29. The van der Waals surface area contributed by atoms with Crippen LogP contribution in [-0.2, 0) is 35.5 Å². The van der Waals surface area contributed by atoms with E-state index in [0.717, 1.165) is 0 Å². The molecule has 0 aliphatic carbocycles. The molecular formula is C27H35N3O7. The fraction of sp³-hybridized carbons (Fsp3) is 0.333. The van der Waals surface area contributed by atoms with Gasteiger partial charge in [0.1, 0.15) is 26.7 Å². The average molecular weight is 514 g/mol. The molecule has 10 nitrogen and oxygen atoms in total. The zero-order valence-corrected chi connectivity index (χ0v) is 22.1. The Labute approximate surface area is 217 Å². The maximum absolute atomic E-state index is 10.1. The molecule has 3 rings (SSSR count). The van der Waals surface area contributed by atoms with E-state index in [0.29, 0.717) is 0 Å². The van der Waals surface area contributed by atoms with Crippen LogP contribution >= 0.6 is 0 Å². The van der Waals surface area contributed by atoms with Gasteiger partial charge in [0.25, 0.3) is 0 Å². The number of aromatic nitrogens is 3. The minimum atomic E-state index is -2.97. The molecule has 0 radical (unpaired) electrons. The average Bonchev–Trinajstić information content (AvgIpc) is 2.73. The Hall–Kier alpha value is -4.18. The highest BCUT2D eigenvalue weighted by Crippen LogP contribution is 2.13. The minimum absolute atomic E-state index is 1.30. The number of hydrogen-bond donors (Lipinski definition) is 1. The van der Waals surface area contributed by atoms with Crippen LogP contribution in [0, 0.1) is 20.8 Å². The van der Waals surface area contributed by atoms with E-state index in [1.807, 2.05) is 71.6 Å². The number of aliphatic hydroxyl groups is 1. The lowest BCUT2D eigenvalue weighted by molar-refractivity contribution is -0.671. The SMILES string of the molecule is Cc1ccc[n+](C)c1.Cc1ccc[n+](C)c1.Cc1ccc[n+](C)c1.O=C([O-])CC(O)(CC(=O)[O-])C(=O)[O-]. The van der Waals surface area contributed by atoms with Gasteiger partial charge in [0.2, 0.25) is 0 Å². The molecule has 3 aromatic rings. The molecule has 3 aromatic heterocycles. The van der Waals surface area contributed by atoms with Gasteiger partial charge in [-0.05, 0) is 39.0 Å². The summed E-state index contributed by atoms with van der Waals surface area (Å²) < 4.78 is 6.11. The summed E-state index contributed by atoms with van der Waals surface area (Å²) in [5, 5.41) is 38.9. The monoisotopic (exact) mass is 513 g/mol. The first kappa shape index (κ1) is 32.8. The Kier molecular flexibility index (Phi) is 14.6. The van der Waals surface area contributed by atoms with Crippen LogP contribution in [0.15, 0.2) is 73.6 Å². The molecule has 0 amide bonds. The molecule has 0 aliphatic rings. The zero-order chi connectivity index (χ0) is 28.6. The molecule has 37 heavy (non-hydrogen) atoms. The number of aryl methyl sites for hydroxylation is 6. The van der Waals surface area contributed by atoms with Crippen molar-refractivity contribution >= 4 is 17.9 Å². The van der Waals surface area contributed by atoms with Crippen molar-refractivity contribution in [1.82, 2.24) is 0 Å². The second-order valence-electron chi connectivity index (χ2n) is 8.56. The summed E-state index contributed by atoms with van der Waals surface area (Å²) in [6.07, 6.45) is 9.60. The van der Waals surface area contributed by atoms with Crippen LogP contribution in [0.25, 0.3) is 0 Å². The van der Waals surface area contributed by atoms with E-state index in [1.54, 1.807) is 0 Å². The number of carboxylic acid groups (broad SMARTS) is 3. The number of carbonyl (C=O) groups is 3. The van der Waals surface area contributed by atoms with Crippen LogP contribution in [0.3, 0.4) is 0 Å².